The van der Waals surface area contributed by atoms with Crippen LogP contribution in [0.1, 0.15) is 31.0 Å². The van der Waals surface area contributed by atoms with Crippen molar-refractivity contribution < 1.29 is 13.2 Å². The quantitative estimate of drug-likeness (QED) is 0.676. The molecule has 2 nitrogen and oxygen atoms in total. The second-order valence-corrected chi connectivity index (χ2v) is 4.10. The Morgan fingerprint density at radius 1 is 1.31 bits per heavy atom. The SMILES string of the molecule is [B]C1=C(C(F)(F)F)C(C)C(C)c2cn[nH]c21. The summed E-state index contributed by atoms with van der Waals surface area (Å²) in [6.45, 7) is 3.29. The van der Waals surface area contributed by atoms with E-state index in [0.29, 0.717) is 5.69 Å². The highest BCUT2D eigenvalue weighted by molar-refractivity contribution is 6.43. The van der Waals surface area contributed by atoms with E-state index in [-0.39, 0.29) is 11.4 Å². The van der Waals surface area contributed by atoms with Gasteiger partial charge in [-0.05, 0) is 17.4 Å². The molecule has 0 aliphatic heterocycles. The Balaban J connectivity index is 2.64. The minimum atomic E-state index is -4.39. The third kappa shape index (κ3) is 1.47. The van der Waals surface area contributed by atoms with Crippen LogP contribution in [0.25, 0.3) is 5.47 Å². The van der Waals surface area contributed by atoms with E-state index in [1.807, 2.05) is 0 Å². The van der Waals surface area contributed by atoms with E-state index in [4.69, 9.17) is 7.85 Å². The zero-order chi connectivity index (χ0) is 12.1. The van der Waals surface area contributed by atoms with E-state index in [9.17, 15) is 13.2 Å². The summed E-state index contributed by atoms with van der Waals surface area (Å²) in [6.07, 6.45) is -2.85. The van der Waals surface area contributed by atoms with Crippen LogP contribution in [0.4, 0.5) is 13.2 Å². The largest absolute Gasteiger partial charge is 0.412 e. The molecule has 2 unspecified atom stereocenters. The first-order chi connectivity index (χ1) is 7.34. The number of aromatic nitrogens is 2. The molecule has 0 amide bonds. The molecule has 0 aromatic carbocycles. The maximum atomic E-state index is 12.8. The van der Waals surface area contributed by atoms with E-state index in [0.717, 1.165) is 5.56 Å². The number of hydrogen-bond donors (Lipinski definition) is 1. The summed E-state index contributed by atoms with van der Waals surface area (Å²) in [5.74, 6) is -0.886. The van der Waals surface area contributed by atoms with Crippen LogP contribution in [-0.4, -0.2) is 24.2 Å². The number of halogens is 3. The van der Waals surface area contributed by atoms with Gasteiger partial charge in [-0.1, -0.05) is 19.3 Å². The summed E-state index contributed by atoms with van der Waals surface area (Å²) in [6, 6.07) is 0. The highest BCUT2D eigenvalue weighted by Crippen LogP contribution is 2.46. The molecular weight excluding hydrogens is 216 g/mol. The molecule has 1 heterocycles. The first-order valence-corrected chi connectivity index (χ1v) is 4.94. The van der Waals surface area contributed by atoms with Crippen LogP contribution in [0.2, 0.25) is 0 Å². The molecule has 0 spiro atoms. The fourth-order valence-corrected chi connectivity index (χ4v) is 2.17. The number of allylic oxidation sites excluding steroid dienone is 1. The predicted octanol–water partition coefficient (Wildman–Crippen LogP) is 2.60. The van der Waals surface area contributed by atoms with Gasteiger partial charge in [-0.25, -0.2) is 0 Å². The summed E-state index contributed by atoms with van der Waals surface area (Å²) in [4.78, 5) is 0. The normalized spacial score (nSPS) is 25.8. The minimum Gasteiger partial charge on any atom is -0.279 e. The first kappa shape index (κ1) is 11.3. The maximum Gasteiger partial charge on any atom is 0.412 e. The zero-order valence-corrected chi connectivity index (χ0v) is 8.89. The minimum absolute atomic E-state index is 0.231. The van der Waals surface area contributed by atoms with Gasteiger partial charge in [-0.2, -0.15) is 18.3 Å². The van der Waals surface area contributed by atoms with E-state index in [1.54, 1.807) is 6.92 Å². The molecule has 0 bridgehead atoms. The van der Waals surface area contributed by atoms with E-state index < -0.39 is 17.7 Å². The van der Waals surface area contributed by atoms with Crippen molar-refractivity contribution in [2.75, 3.05) is 0 Å². The Morgan fingerprint density at radius 2 is 1.94 bits per heavy atom. The van der Waals surface area contributed by atoms with Gasteiger partial charge in [0.2, 0.25) is 0 Å². The standard InChI is InChI=1S/C10H10BF3N2/c1-4-5(2)7(10(12,13)14)8(11)9-6(4)3-15-16-9/h3-5H,1-2H3,(H,15,16). The Kier molecular flexibility index (Phi) is 2.40. The van der Waals surface area contributed by atoms with Crippen molar-refractivity contribution in [1.29, 1.82) is 0 Å². The Hall–Kier alpha value is -1.20. The average Bonchev–Trinajstić information content (AvgIpc) is 2.61. The summed E-state index contributed by atoms with van der Waals surface area (Å²) in [5.41, 5.74) is 0.165. The topological polar surface area (TPSA) is 28.7 Å². The fourth-order valence-electron chi connectivity index (χ4n) is 2.17. The number of nitrogens with one attached hydrogen (secondary N) is 1. The lowest BCUT2D eigenvalue weighted by Gasteiger charge is -2.31. The molecule has 2 radical (unpaired) electrons. The number of H-pyrrole nitrogens is 1. The average molecular weight is 226 g/mol. The van der Waals surface area contributed by atoms with Crippen LogP contribution in [0, 0.1) is 5.92 Å². The van der Waals surface area contributed by atoms with Gasteiger partial charge in [0.15, 0.2) is 0 Å². The Morgan fingerprint density at radius 3 is 2.50 bits per heavy atom. The highest BCUT2D eigenvalue weighted by Gasteiger charge is 2.43. The van der Waals surface area contributed by atoms with Crippen LogP contribution < -0.4 is 0 Å². The number of fused-ring (bicyclic) bond motifs is 1. The summed E-state index contributed by atoms with van der Waals surface area (Å²) >= 11 is 0. The molecular formula is C10H10BF3N2. The van der Waals surface area contributed by atoms with Gasteiger partial charge >= 0.3 is 6.18 Å². The zero-order valence-electron chi connectivity index (χ0n) is 8.89. The smallest absolute Gasteiger partial charge is 0.279 e. The molecule has 2 rings (SSSR count). The van der Waals surface area contributed by atoms with E-state index in [2.05, 4.69) is 10.2 Å². The van der Waals surface area contributed by atoms with Gasteiger partial charge in [0.05, 0.1) is 11.9 Å². The molecule has 2 atom stereocenters. The van der Waals surface area contributed by atoms with Crippen molar-refractivity contribution in [3.05, 3.63) is 23.0 Å². The summed E-state index contributed by atoms with van der Waals surface area (Å²) in [5, 5.41) is 6.28. The maximum absolute atomic E-state index is 12.8. The molecule has 84 valence electrons. The van der Waals surface area contributed by atoms with Crippen LogP contribution in [-0.2, 0) is 0 Å². The van der Waals surface area contributed by atoms with Crippen molar-refractivity contribution in [2.24, 2.45) is 5.92 Å². The lowest BCUT2D eigenvalue weighted by molar-refractivity contribution is -0.0986. The molecule has 1 aromatic rings. The molecule has 1 aliphatic rings. The van der Waals surface area contributed by atoms with Crippen molar-refractivity contribution in [3.8, 4) is 0 Å². The first-order valence-electron chi connectivity index (χ1n) is 4.94. The third-order valence-electron chi connectivity index (χ3n) is 3.23. The van der Waals surface area contributed by atoms with Crippen molar-refractivity contribution in [3.63, 3.8) is 0 Å². The van der Waals surface area contributed by atoms with Crippen molar-refractivity contribution in [2.45, 2.75) is 25.9 Å². The Labute approximate surface area is 92.3 Å². The number of nitrogens with zero attached hydrogens (tertiary/aromatic N) is 1. The van der Waals surface area contributed by atoms with Gasteiger partial charge in [0.25, 0.3) is 0 Å². The number of alkyl halides is 3. The van der Waals surface area contributed by atoms with Crippen molar-refractivity contribution in [1.82, 2.24) is 10.2 Å². The van der Waals surface area contributed by atoms with Gasteiger partial charge < -0.3 is 0 Å². The fraction of sp³-hybridized carbons (Fsp3) is 0.500. The highest BCUT2D eigenvalue weighted by atomic mass is 19.4. The molecule has 0 saturated heterocycles. The summed E-state index contributed by atoms with van der Waals surface area (Å²) in [7, 11) is 5.56. The molecule has 0 saturated carbocycles. The van der Waals surface area contributed by atoms with Crippen LogP contribution in [0.15, 0.2) is 11.8 Å². The molecule has 1 aromatic heterocycles. The van der Waals surface area contributed by atoms with Gasteiger partial charge in [0, 0.05) is 5.57 Å². The summed E-state index contributed by atoms with van der Waals surface area (Å²) < 4.78 is 38.5. The Bertz CT molecular complexity index is 447. The van der Waals surface area contributed by atoms with E-state index in [1.165, 1.54) is 13.1 Å². The van der Waals surface area contributed by atoms with Crippen LogP contribution in [0.3, 0.4) is 0 Å². The van der Waals surface area contributed by atoms with Crippen LogP contribution in [0.5, 0.6) is 0 Å². The van der Waals surface area contributed by atoms with Crippen molar-refractivity contribution >= 4 is 13.3 Å². The second kappa shape index (κ2) is 3.40. The number of rotatable bonds is 0. The lowest BCUT2D eigenvalue weighted by atomic mass is 9.70. The van der Waals surface area contributed by atoms with Gasteiger partial charge in [-0.3, -0.25) is 5.10 Å². The lowest BCUT2D eigenvalue weighted by Crippen LogP contribution is -2.27. The predicted molar refractivity (Wildman–Crippen MR) is 54.9 cm³/mol. The van der Waals surface area contributed by atoms with E-state index >= 15 is 0 Å². The third-order valence-corrected chi connectivity index (χ3v) is 3.23. The second-order valence-electron chi connectivity index (χ2n) is 4.10. The molecule has 1 aliphatic carbocycles. The molecule has 0 fully saturated rings. The van der Waals surface area contributed by atoms with Gasteiger partial charge in [0.1, 0.15) is 7.85 Å². The van der Waals surface area contributed by atoms with Gasteiger partial charge in [-0.15, -0.1) is 0 Å². The monoisotopic (exact) mass is 226 g/mol. The number of aromatic amines is 1. The molecule has 16 heavy (non-hydrogen) atoms. The van der Waals surface area contributed by atoms with Crippen LogP contribution >= 0.6 is 0 Å². The number of hydrogen-bond acceptors (Lipinski definition) is 1. The molecule has 6 heteroatoms. The molecule has 1 N–H and O–H groups in total.